The SMILES string of the molecule is CC(C)c1cc(C(C)C)c(-c2cccc(Cl)c2P(C2CCCCC2)C2CCCCC2)c(C(C)C)c1.[Pd]. The maximum absolute atomic E-state index is 7.27. The molecule has 2 saturated carbocycles. The van der Waals surface area contributed by atoms with E-state index >= 15 is 0 Å². The van der Waals surface area contributed by atoms with E-state index in [9.17, 15) is 0 Å². The molecule has 2 fully saturated rings. The van der Waals surface area contributed by atoms with Gasteiger partial charge in [-0.15, -0.1) is 0 Å². The minimum absolute atomic E-state index is 0. The fourth-order valence-electron chi connectivity index (χ4n) is 6.63. The number of halogens is 1. The second-order valence-electron chi connectivity index (χ2n) is 12.2. The average Bonchev–Trinajstić information content (AvgIpc) is 2.85. The van der Waals surface area contributed by atoms with E-state index in [1.807, 2.05) is 0 Å². The average molecular weight is 618 g/mol. The third kappa shape index (κ3) is 6.69. The van der Waals surface area contributed by atoms with Crippen molar-refractivity contribution >= 4 is 24.8 Å². The Kier molecular flexibility index (Phi) is 11.6. The minimum Gasteiger partial charge on any atom is -0.0836 e. The van der Waals surface area contributed by atoms with Gasteiger partial charge < -0.3 is 0 Å². The van der Waals surface area contributed by atoms with Crippen LogP contribution in [0.1, 0.15) is 140 Å². The summed E-state index contributed by atoms with van der Waals surface area (Å²) in [6, 6.07) is 11.9. The van der Waals surface area contributed by atoms with Crippen LogP contribution in [0.2, 0.25) is 5.02 Å². The zero-order chi connectivity index (χ0) is 25.1. The monoisotopic (exact) mass is 616 g/mol. The van der Waals surface area contributed by atoms with Gasteiger partial charge in [-0.2, -0.15) is 0 Å². The summed E-state index contributed by atoms with van der Waals surface area (Å²) in [4.78, 5) is 0. The van der Waals surface area contributed by atoms with E-state index in [4.69, 9.17) is 11.6 Å². The molecular weight excluding hydrogens is 569 g/mol. The Morgan fingerprint density at radius 3 is 1.58 bits per heavy atom. The molecular formula is C33H48ClPPd. The first-order valence-electron chi connectivity index (χ1n) is 14.5. The molecule has 4 rings (SSSR count). The molecule has 2 aliphatic carbocycles. The summed E-state index contributed by atoms with van der Waals surface area (Å²) in [5.41, 5.74) is 9.20. The van der Waals surface area contributed by atoms with Crippen molar-refractivity contribution in [3.63, 3.8) is 0 Å². The summed E-state index contributed by atoms with van der Waals surface area (Å²) in [6.45, 7) is 14.2. The molecule has 0 amide bonds. The number of hydrogen-bond donors (Lipinski definition) is 0. The molecule has 0 bridgehead atoms. The Hall–Kier alpha value is -0.178. The second kappa shape index (κ2) is 13.8. The molecule has 2 aliphatic rings. The first-order valence-corrected chi connectivity index (χ1v) is 16.4. The first-order chi connectivity index (χ1) is 16.8. The van der Waals surface area contributed by atoms with Crippen LogP contribution in [0, 0.1) is 0 Å². The Labute approximate surface area is 242 Å². The molecule has 36 heavy (non-hydrogen) atoms. The molecule has 0 saturated heterocycles. The predicted octanol–water partition coefficient (Wildman–Crippen LogP) is 11.1. The fourth-order valence-corrected chi connectivity index (χ4v) is 11.1. The molecule has 0 aromatic heterocycles. The summed E-state index contributed by atoms with van der Waals surface area (Å²) in [5, 5.41) is 2.60. The summed E-state index contributed by atoms with van der Waals surface area (Å²) in [7, 11) is -0.273. The molecule has 0 nitrogen and oxygen atoms in total. The second-order valence-corrected chi connectivity index (χ2v) is 15.3. The predicted molar refractivity (Wildman–Crippen MR) is 159 cm³/mol. The number of benzene rings is 2. The third-order valence-corrected chi connectivity index (χ3v) is 12.6. The molecule has 0 radical (unpaired) electrons. The van der Waals surface area contributed by atoms with Gasteiger partial charge in [0, 0.05) is 30.7 Å². The van der Waals surface area contributed by atoms with Gasteiger partial charge in [-0.3, -0.25) is 0 Å². The van der Waals surface area contributed by atoms with Gasteiger partial charge in [0.1, 0.15) is 0 Å². The first kappa shape index (κ1) is 30.4. The van der Waals surface area contributed by atoms with Crippen molar-refractivity contribution < 1.29 is 20.4 Å². The van der Waals surface area contributed by atoms with Gasteiger partial charge in [0.25, 0.3) is 0 Å². The quantitative estimate of drug-likeness (QED) is 0.214. The van der Waals surface area contributed by atoms with Crippen LogP contribution in [0.5, 0.6) is 0 Å². The molecule has 0 heterocycles. The largest absolute Gasteiger partial charge is 0.0836 e. The summed E-state index contributed by atoms with van der Waals surface area (Å²) < 4.78 is 0. The number of hydrogen-bond acceptors (Lipinski definition) is 0. The molecule has 202 valence electrons. The van der Waals surface area contributed by atoms with Crippen LogP contribution >= 0.6 is 19.5 Å². The van der Waals surface area contributed by atoms with Gasteiger partial charge >= 0.3 is 0 Å². The van der Waals surface area contributed by atoms with Crippen LogP contribution in [0.25, 0.3) is 11.1 Å². The summed E-state index contributed by atoms with van der Waals surface area (Å²) in [6.07, 6.45) is 14.1. The zero-order valence-electron chi connectivity index (χ0n) is 23.5. The molecule has 0 atom stereocenters. The molecule has 0 unspecified atom stereocenters. The molecule has 2 aromatic carbocycles. The Bertz CT molecular complexity index is 936. The molecule has 0 aliphatic heterocycles. The van der Waals surface area contributed by atoms with Crippen LogP contribution in [0.15, 0.2) is 30.3 Å². The van der Waals surface area contributed by atoms with Crippen molar-refractivity contribution in [3.05, 3.63) is 52.0 Å². The van der Waals surface area contributed by atoms with Crippen molar-refractivity contribution in [1.82, 2.24) is 0 Å². The van der Waals surface area contributed by atoms with E-state index in [1.165, 1.54) is 92.0 Å². The summed E-state index contributed by atoms with van der Waals surface area (Å²) >= 11 is 7.27. The molecule has 2 aromatic rings. The van der Waals surface area contributed by atoms with Gasteiger partial charge in [-0.05, 0) is 88.6 Å². The van der Waals surface area contributed by atoms with Crippen molar-refractivity contribution in [2.75, 3.05) is 0 Å². The van der Waals surface area contributed by atoms with E-state index in [0.717, 1.165) is 16.3 Å². The fraction of sp³-hybridized carbons (Fsp3) is 0.636. The topological polar surface area (TPSA) is 0 Å². The van der Waals surface area contributed by atoms with Crippen molar-refractivity contribution in [2.45, 2.75) is 135 Å². The Morgan fingerprint density at radius 2 is 1.17 bits per heavy atom. The molecule has 0 N–H and O–H groups in total. The standard InChI is InChI=1S/C33H48ClP.Pd/c1-22(2)25-20-29(23(3)4)32(30(21-25)24(5)6)28-18-13-19-31(34)33(28)35(26-14-9-7-10-15-26)27-16-11-8-12-17-27;/h13,18-24,26-27H,7-12,14-17H2,1-6H3;. The maximum atomic E-state index is 7.27. The van der Waals surface area contributed by atoms with E-state index < -0.39 is 0 Å². The van der Waals surface area contributed by atoms with Gasteiger partial charge in [-0.1, -0.05) is 124 Å². The minimum atomic E-state index is -0.273. The Morgan fingerprint density at radius 1 is 0.694 bits per heavy atom. The van der Waals surface area contributed by atoms with Gasteiger partial charge in [0.2, 0.25) is 0 Å². The van der Waals surface area contributed by atoms with Crippen LogP contribution in [-0.2, 0) is 20.4 Å². The molecule has 0 spiro atoms. The normalized spacial score (nSPS) is 17.9. The van der Waals surface area contributed by atoms with Gasteiger partial charge in [-0.25, -0.2) is 0 Å². The van der Waals surface area contributed by atoms with Gasteiger partial charge in [0.05, 0.1) is 0 Å². The van der Waals surface area contributed by atoms with Crippen LogP contribution in [-0.4, -0.2) is 11.3 Å². The van der Waals surface area contributed by atoms with Crippen molar-refractivity contribution in [1.29, 1.82) is 0 Å². The van der Waals surface area contributed by atoms with Crippen LogP contribution in [0.3, 0.4) is 0 Å². The van der Waals surface area contributed by atoms with Gasteiger partial charge in [0.15, 0.2) is 0 Å². The van der Waals surface area contributed by atoms with Crippen molar-refractivity contribution in [3.8, 4) is 11.1 Å². The van der Waals surface area contributed by atoms with E-state index in [2.05, 4.69) is 71.9 Å². The van der Waals surface area contributed by atoms with Crippen molar-refractivity contribution in [2.24, 2.45) is 0 Å². The maximum Gasteiger partial charge on any atom is 0.0489 e. The summed E-state index contributed by atoms with van der Waals surface area (Å²) in [5.74, 6) is 1.52. The Balaban J connectivity index is 0.00000361. The van der Waals surface area contributed by atoms with Crippen LogP contribution < -0.4 is 5.30 Å². The van der Waals surface area contributed by atoms with E-state index in [1.54, 1.807) is 5.30 Å². The van der Waals surface area contributed by atoms with Crippen LogP contribution in [0.4, 0.5) is 0 Å². The number of rotatable bonds is 7. The molecule has 3 heteroatoms. The smallest absolute Gasteiger partial charge is 0.0489 e. The third-order valence-electron chi connectivity index (χ3n) is 8.58. The zero-order valence-corrected chi connectivity index (χ0v) is 26.7. The van der Waals surface area contributed by atoms with E-state index in [-0.39, 0.29) is 28.3 Å². The van der Waals surface area contributed by atoms with E-state index in [0.29, 0.717) is 17.8 Å².